The first-order chi connectivity index (χ1) is 18.5. The summed E-state index contributed by atoms with van der Waals surface area (Å²) in [5.74, 6) is -0.295. The molecule has 0 aliphatic carbocycles. The van der Waals surface area contributed by atoms with E-state index in [1.165, 1.54) is 6.07 Å². The molecule has 4 aromatic heterocycles. The first-order valence-corrected chi connectivity index (χ1v) is 12.5. The van der Waals surface area contributed by atoms with Gasteiger partial charge in [-0.05, 0) is 80.2 Å². The van der Waals surface area contributed by atoms with Crippen LogP contribution < -0.4 is 5.32 Å². The minimum Gasteiger partial charge on any atom is -0.384 e. The average molecular weight is 508 g/mol. The number of fused-ring (bicyclic) bond motifs is 2. The normalized spacial score (nSPS) is 12.3. The molecule has 192 valence electrons. The molecule has 5 rings (SSSR count). The van der Waals surface area contributed by atoms with Crippen molar-refractivity contribution in [3.63, 3.8) is 0 Å². The molecule has 0 saturated heterocycles. The molecule has 8 heteroatoms. The number of hydrogen-bond donors (Lipinski definition) is 3. The van der Waals surface area contributed by atoms with Gasteiger partial charge in [0.25, 0.3) is 0 Å². The van der Waals surface area contributed by atoms with Gasteiger partial charge in [0, 0.05) is 30.4 Å². The van der Waals surface area contributed by atoms with E-state index in [0.29, 0.717) is 11.3 Å². The summed E-state index contributed by atoms with van der Waals surface area (Å²) >= 11 is 0. The van der Waals surface area contributed by atoms with Gasteiger partial charge in [0.2, 0.25) is 0 Å². The highest BCUT2D eigenvalue weighted by molar-refractivity contribution is 5.99. The highest BCUT2D eigenvalue weighted by Crippen LogP contribution is 2.34. The molecule has 0 spiro atoms. The van der Waals surface area contributed by atoms with Crippen molar-refractivity contribution in [2.45, 2.75) is 6.92 Å². The molecule has 0 amide bonds. The van der Waals surface area contributed by atoms with Crippen molar-refractivity contribution in [1.29, 1.82) is 0 Å². The number of benzene rings is 1. The van der Waals surface area contributed by atoms with Crippen LogP contribution in [-0.4, -0.2) is 57.2 Å². The quantitative estimate of drug-likeness (QED) is 0.200. The molecule has 0 aliphatic rings. The van der Waals surface area contributed by atoms with E-state index in [4.69, 9.17) is 4.98 Å². The zero-order valence-corrected chi connectivity index (χ0v) is 21.7. The minimum absolute atomic E-state index is 0.295. The maximum atomic E-state index is 14.6. The number of halogens is 1. The Balaban J connectivity index is 1.55. The smallest absolute Gasteiger partial charge is 0.138 e. The molecule has 4 heterocycles. The lowest BCUT2D eigenvalue weighted by atomic mass is 10.0. The van der Waals surface area contributed by atoms with Crippen LogP contribution in [0.5, 0.6) is 0 Å². The second kappa shape index (κ2) is 10.8. The molecular formula is C30H30FN7. The SMILES string of the molecule is C=C/C=C\C(=C/C)c1ccc2[nH]nc(-c3cc4c(-c5cc(F)cc(NCCN(C)C)c5)ccnc4[nH]3)c2n1. The summed E-state index contributed by atoms with van der Waals surface area (Å²) in [6, 6.07) is 12.9. The second-order valence-corrected chi connectivity index (χ2v) is 9.27. The van der Waals surface area contributed by atoms with Crippen molar-refractivity contribution in [2.24, 2.45) is 0 Å². The van der Waals surface area contributed by atoms with Crippen LogP contribution in [0.15, 0.2) is 79.5 Å². The Labute approximate surface area is 220 Å². The number of pyridine rings is 2. The molecule has 7 nitrogen and oxygen atoms in total. The summed E-state index contributed by atoms with van der Waals surface area (Å²) in [7, 11) is 4.02. The lowest BCUT2D eigenvalue weighted by Crippen LogP contribution is -2.20. The van der Waals surface area contributed by atoms with Crippen LogP contribution in [0.25, 0.3) is 50.2 Å². The van der Waals surface area contributed by atoms with Crippen LogP contribution >= 0.6 is 0 Å². The Hall–Kier alpha value is -4.56. The maximum Gasteiger partial charge on any atom is 0.138 e. The molecule has 0 fully saturated rings. The van der Waals surface area contributed by atoms with E-state index in [2.05, 4.69) is 37.0 Å². The summed E-state index contributed by atoms with van der Waals surface area (Å²) in [5, 5.41) is 11.8. The highest BCUT2D eigenvalue weighted by Gasteiger charge is 2.16. The molecule has 0 radical (unpaired) electrons. The van der Waals surface area contributed by atoms with Crippen LogP contribution in [0.3, 0.4) is 0 Å². The molecule has 3 N–H and O–H groups in total. The first-order valence-electron chi connectivity index (χ1n) is 12.5. The molecule has 1 aromatic carbocycles. The Bertz CT molecular complexity index is 1670. The fraction of sp³-hybridized carbons (Fsp3) is 0.167. The molecule has 38 heavy (non-hydrogen) atoms. The molecule has 0 aliphatic heterocycles. The largest absolute Gasteiger partial charge is 0.384 e. The van der Waals surface area contributed by atoms with E-state index in [9.17, 15) is 4.39 Å². The van der Waals surface area contributed by atoms with E-state index in [1.807, 2.05) is 69.6 Å². The fourth-order valence-electron chi connectivity index (χ4n) is 4.43. The van der Waals surface area contributed by atoms with Crippen molar-refractivity contribution in [3.05, 3.63) is 91.1 Å². The van der Waals surface area contributed by atoms with Crippen molar-refractivity contribution in [1.82, 2.24) is 30.0 Å². The van der Waals surface area contributed by atoms with Crippen LogP contribution in [0, 0.1) is 5.82 Å². The number of allylic oxidation sites excluding steroid dienone is 5. The van der Waals surface area contributed by atoms with Gasteiger partial charge in [0.1, 0.15) is 22.7 Å². The van der Waals surface area contributed by atoms with E-state index >= 15 is 0 Å². The number of aromatic nitrogens is 5. The minimum atomic E-state index is -0.295. The summed E-state index contributed by atoms with van der Waals surface area (Å²) < 4.78 is 14.6. The number of hydrogen-bond acceptors (Lipinski definition) is 5. The topological polar surface area (TPSA) is 85.5 Å². The lowest BCUT2D eigenvalue weighted by molar-refractivity contribution is 0.425. The maximum absolute atomic E-state index is 14.6. The predicted molar refractivity (Wildman–Crippen MR) is 154 cm³/mol. The van der Waals surface area contributed by atoms with Gasteiger partial charge in [-0.25, -0.2) is 14.4 Å². The summed E-state index contributed by atoms with van der Waals surface area (Å²) in [5.41, 5.74) is 7.96. The number of nitrogens with zero attached hydrogens (tertiary/aromatic N) is 4. The third-order valence-corrected chi connectivity index (χ3v) is 6.31. The van der Waals surface area contributed by atoms with Crippen LogP contribution in [0.2, 0.25) is 0 Å². The standard InChI is InChI=1S/C30H30FN7/c1-5-7-8-19(6-2)25-9-10-26-28(34-25)29(37-36-26)27-18-24-23(11-12-33-30(24)35-27)20-15-21(31)17-22(16-20)32-13-14-38(3)4/h5-12,15-18,32H,1,13-14H2,2-4H3,(H,33,35)(H,36,37)/b8-7-,19-6+. The Morgan fingerprint density at radius 3 is 2.82 bits per heavy atom. The zero-order chi connectivity index (χ0) is 26.6. The third kappa shape index (κ3) is 5.12. The number of likely N-dealkylation sites (N-methyl/N-ethyl adjacent to an activating group) is 1. The van der Waals surface area contributed by atoms with Crippen LogP contribution in [-0.2, 0) is 0 Å². The van der Waals surface area contributed by atoms with Gasteiger partial charge in [-0.3, -0.25) is 5.10 Å². The van der Waals surface area contributed by atoms with Crippen LogP contribution in [0.1, 0.15) is 12.6 Å². The lowest BCUT2D eigenvalue weighted by Gasteiger charge is -2.13. The molecule has 5 aromatic rings. The Kier molecular flexibility index (Phi) is 7.15. The van der Waals surface area contributed by atoms with E-state index in [0.717, 1.165) is 63.3 Å². The van der Waals surface area contributed by atoms with Gasteiger partial charge in [-0.2, -0.15) is 5.10 Å². The molecule has 0 saturated carbocycles. The number of aromatic amines is 2. The van der Waals surface area contributed by atoms with Gasteiger partial charge in [-0.15, -0.1) is 0 Å². The fourth-order valence-corrected chi connectivity index (χ4v) is 4.43. The highest BCUT2D eigenvalue weighted by atomic mass is 19.1. The van der Waals surface area contributed by atoms with Crippen molar-refractivity contribution < 1.29 is 4.39 Å². The Morgan fingerprint density at radius 1 is 1.16 bits per heavy atom. The Morgan fingerprint density at radius 2 is 2.03 bits per heavy atom. The second-order valence-electron chi connectivity index (χ2n) is 9.27. The molecule has 0 unspecified atom stereocenters. The molecule has 0 bridgehead atoms. The monoisotopic (exact) mass is 507 g/mol. The molecule has 0 atom stereocenters. The predicted octanol–water partition coefficient (Wildman–Crippen LogP) is 6.43. The summed E-state index contributed by atoms with van der Waals surface area (Å²) in [4.78, 5) is 14.9. The number of H-pyrrole nitrogens is 2. The van der Waals surface area contributed by atoms with Gasteiger partial charge in [0.05, 0.1) is 16.9 Å². The summed E-state index contributed by atoms with van der Waals surface area (Å²) in [6.45, 7) is 7.29. The number of nitrogens with one attached hydrogen (secondary N) is 3. The average Bonchev–Trinajstić information content (AvgIpc) is 3.52. The third-order valence-electron chi connectivity index (χ3n) is 6.31. The number of anilines is 1. The zero-order valence-electron chi connectivity index (χ0n) is 21.7. The van der Waals surface area contributed by atoms with Crippen molar-refractivity contribution in [2.75, 3.05) is 32.5 Å². The first kappa shape index (κ1) is 25.1. The van der Waals surface area contributed by atoms with E-state index in [-0.39, 0.29) is 5.82 Å². The molecular weight excluding hydrogens is 477 g/mol. The van der Waals surface area contributed by atoms with Gasteiger partial charge >= 0.3 is 0 Å². The number of rotatable bonds is 9. The van der Waals surface area contributed by atoms with Gasteiger partial charge < -0.3 is 15.2 Å². The van der Waals surface area contributed by atoms with Gasteiger partial charge in [0.15, 0.2) is 0 Å². The van der Waals surface area contributed by atoms with E-state index in [1.54, 1.807) is 18.3 Å². The van der Waals surface area contributed by atoms with Crippen LogP contribution in [0.4, 0.5) is 10.1 Å². The van der Waals surface area contributed by atoms with Crippen molar-refractivity contribution in [3.8, 4) is 22.5 Å². The van der Waals surface area contributed by atoms with Crippen molar-refractivity contribution >= 4 is 33.3 Å². The van der Waals surface area contributed by atoms with Gasteiger partial charge in [-0.1, -0.05) is 30.9 Å². The van der Waals surface area contributed by atoms with E-state index < -0.39 is 0 Å². The summed E-state index contributed by atoms with van der Waals surface area (Å²) in [6.07, 6.45) is 9.34.